The van der Waals surface area contributed by atoms with Gasteiger partial charge in [0.2, 0.25) is 10.0 Å². The third-order valence-corrected chi connectivity index (χ3v) is 7.62. The molecule has 1 aromatic rings. The second kappa shape index (κ2) is 6.91. The average Bonchev–Trinajstić information content (AvgIpc) is 2.52. The fourth-order valence-corrected chi connectivity index (χ4v) is 5.09. The van der Waals surface area contributed by atoms with Crippen LogP contribution in [-0.2, 0) is 16.2 Å². The Morgan fingerprint density at radius 3 is 2.21 bits per heavy atom. The van der Waals surface area contributed by atoms with Crippen LogP contribution < -0.4 is 0 Å². The Labute approximate surface area is 163 Å². The number of nitrogens with zero attached hydrogens (tertiary/aromatic N) is 2. The number of benzene rings is 1. The summed E-state index contributed by atoms with van der Waals surface area (Å²) in [6.45, 7) is 8.14. The van der Waals surface area contributed by atoms with Crippen molar-refractivity contribution in [2.24, 2.45) is 5.41 Å². The highest BCUT2D eigenvalue weighted by atomic mass is 32.2. The number of alkyl halides is 3. The molecule has 0 saturated carbocycles. The molecule has 1 heterocycles. The van der Waals surface area contributed by atoms with Crippen molar-refractivity contribution in [2.45, 2.75) is 51.2 Å². The van der Waals surface area contributed by atoms with Gasteiger partial charge in [0.05, 0.1) is 16.0 Å². The van der Waals surface area contributed by atoms with E-state index in [9.17, 15) is 31.5 Å². The van der Waals surface area contributed by atoms with E-state index in [0.29, 0.717) is 6.07 Å². The summed E-state index contributed by atoms with van der Waals surface area (Å²) in [7, 11) is -4.24. The minimum absolute atomic E-state index is 0.0691. The number of aryl methyl sites for hydroxylation is 1. The molecule has 0 aliphatic carbocycles. The van der Waals surface area contributed by atoms with Crippen molar-refractivity contribution in [2.75, 3.05) is 19.6 Å². The third-order valence-electron chi connectivity index (χ3n) is 5.63. The lowest BCUT2D eigenvalue weighted by Crippen LogP contribution is -2.68. The van der Waals surface area contributed by atoms with Crippen LogP contribution in [0.15, 0.2) is 23.1 Å². The predicted molar refractivity (Wildman–Crippen MR) is 97.5 cm³/mol. The summed E-state index contributed by atoms with van der Waals surface area (Å²) >= 11 is 0. The zero-order valence-electron chi connectivity index (χ0n) is 16.5. The molecule has 158 valence electrons. The zero-order chi connectivity index (χ0) is 21.7. The van der Waals surface area contributed by atoms with Gasteiger partial charge >= 0.3 is 12.3 Å². The van der Waals surface area contributed by atoms with Crippen molar-refractivity contribution in [3.63, 3.8) is 0 Å². The summed E-state index contributed by atoms with van der Waals surface area (Å²) in [6, 6.07) is 2.62. The fraction of sp³-hybridized carbons (Fsp3) is 0.611. The molecule has 1 saturated heterocycles. The number of hydrogen-bond donors (Lipinski definition) is 1. The van der Waals surface area contributed by atoms with Gasteiger partial charge < -0.3 is 5.11 Å². The van der Waals surface area contributed by atoms with Gasteiger partial charge in [-0.25, -0.2) is 13.2 Å². The summed E-state index contributed by atoms with van der Waals surface area (Å²) in [4.78, 5) is 12.5. The van der Waals surface area contributed by atoms with Gasteiger partial charge in [-0.05, 0) is 37.0 Å². The minimum Gasteiger partial charge on any atom is -0.465 e. The molecule has 6 nitrogen and oxygen atoms in total. The number of hydrogen-bond acceptors (Lipinski definition) is 3. The monoisotopic (exact) mass is 422 g/mol. The molecule has 1 aromatic carbocycles. The SMILES string of the molecule is Cc1ccc(C(F)(F)F)cc1S(=O)(=O)N1CCN(C(=O)O)[C@@](C)(C(C)(C)C)C1. The second-order valence-corrected chi connectivity index (χ2v) is 10.2. The molecule has 1 fully saturated rings. The van der Waals surface area contributed by atoms with Crippen molar-refractivity contribution in [1.82, 2.24) is 9.21 Å². The van der Waals surface area contributed by atoms with Crippen molar-refractivity contribution in [1.29, 1.82) is 0 Å². The van der Waals surface area contributed by atoms with Gasteiger partial charge in [0.15, 0.2) is 0 Å². The van der Waals surface area contributed by atoms with Crippen LogP contribution in [0.3, 0.4) is 0 Å². The summed E-state index contributed by atoms with van der Waals surface area (Å²) in [6.07, 6.45) is -5.83. The molecule has 0 spiro atoms. The predicted octanol–water partition coefficient (Wildman–Crippen LogP) is 3.80. The molecule has 28 heavy (non-hydrogen) atoms. The molecule has 1 atom stereocenters. The van der Waals surface area contributed by atoms with Crippen LogP contribution in [0.5, 0.6) is 0 Å². The number of halogens is 3. The van der Waals surface area contributed by atoms with Gasteiger partial charge in [-0.15, -0.1) is 0 Å². The Morgan fingerprint density at radius 1 is 1.18 bits per heavy atom. The Balaban J connectivity index is 2.52. The minimum atomic E-state index is -4.67. The summed E-state index contributed by atoms with van der Waals surface area (Å²) < 4.78 is 66.6. The highest BCUT2D eigenvalue weighted by Gasteiger charge is 2.51. The van der Waals surface area contributed by atoms with E-state index in [1.54, 1.807) is 27.7 Å². The quantitative estimate of drug-likeness (QED) is 0.786. The van der Waals surface area contributed by atoms with E-state index >= 15 is 0 Å². The number of sulfonamides is 1. The molecule has 1 aliphatic heterocycles. The summed E-state index contributed by atoms with van der Waals surface area (Å²) in [5.74, 6) is 0. The van der Waals surface area contributed by atoms with E-state index in [0.717, 1.165) is 16.4 Å². The van der Waals surface area contributed by atoms with Crippen LogP contribution in [0.2, 0.25) is 0 Å². The van der Waals surface area contributed by atoms with Crippen LogP contribution in [0.4, 0.5) is 18.0 Å². The molecule has 10 heteroatoms. The fourth-order valence-electron chi connectivity index (χ4n) is 3.31. The van der Waals surface area contributed by atoms with Gasteiger partial charge in [-0.1, -0.05) is 26.8 Å². The second-order valence-electron chi connectivity index (χ2n) is 8.27. The van der Waals surface area contributed by atoms with Crippen LogP contribution in [0.25, 0.3) is 0 Å². The molecule has 1 N–H and O–H groups in total. The average molecular weight is 422 g/mol. The van der Waals surface area contributed by atoms with Gasteiger partial charge in [0.1, 0.15) is 0 Å². The van der Waals surface area contributed by atoms with Gasteiger partial charge in [-0.3, -0.25) is 4.90 Å². The van der Waals surface area contributed by atoms with E-state index in [1.165, 1.54) is 11.8 Å². The lowest BCUT2D eigenvalue weighted by molar-refractivity contribution is -0.137. The van der Waals surface area contributed by atoms with Gasteiger partial charge in [-0.2, -0.15) is 17.5 Å². The highest BCUT2D eigenvalue weighted by Crippen LogP contribution is 2.40. The first kappa shape index (κ1) is 22.5. The van der Waals surface area contributed by atoms with Crippen LogP contribution >= 0.6 is 0 Å². The van der Waals surface area contributed by atoms with Crippen LogP contribution in [0.1, 0.15) is 38.8 Å². The van der Waals surface area contributed by atoms with E-state index < -0.39 is 43.7 Å². The lowest BCUT2D eigenvalue weighted by Gasteiger charge is -2.53. The lowest BCUT2D eigenvalue weighted by atomic mass is 9.73. The first-order valence-corrected chi connectivity index (χ1v) is 10.1. The number of piperazine rings is 1. The van der Waals surface area contributed by atoms with E-state index in [1.807, 2.05) is 0 Å². The van der Waals surface area contributed by atoms with Crippen LogP contribution in [-0.4, -0.2) is 54.0 Å². The van der Waals surface area contributed by atoms with Crippen molar-refractivity contribution in [3.8, 4) is 0 Å². The molecule has 2 rings (SSSR count). The maximum Gasteiger partial charge on any atom is 0.416 e. The summed E-state index contributed by atoms with van der Waals surface area (Å²) in [5.41, 5.74) is -2.51. The molecule has 1 amide bonds. The normalized spacial score (nSPS) is 22.4. The number of rotatable bonds is 2. The molecule has 0 bridgehead atoms. The first-order chi connectivity index (χ1) is 12.5. The number of amides is 1. The maximum absolute atomic E-state index is 13.2. The standard InChI is InChI=1S/C18H25F3N2O4S/c1-12-6-7-13(18(19,20)21)10-14(12)28(26,27)22-8-9-23(15(24)25)17(5,11-22)16(2,3)4/h6-7,10H,8-9,11H2,1-5H3,(H,24,25)/t17-/m1/s1. The van der Waals surface area contributed by atoms with E-state index in [2.05, 4.69) is 0 Å². The van der Waals surface area contributed by atoms with E-state index in [-0.39, 0.29) is 25.2 Å². The Kier molecular flexibility index (Phi) is 5.55. The molecular formula is C18H25F3N2O4S. The largest absolute Gasteiger partial charge is 0.465 e. The molecule has 0 unspecified atom stereocenters. The number of carboxylic acid groups (broad SMARTS) is 1. The highest BCUT2D eigenvalue weighted by molar-refractivity contribution is 7.89. The maximum atomic E-state index is 13.2. The number of carbonyl (C=O) groups is 1. The first-order valence-electron chi connectivity index (χ1n) is 8.70. The summed E-state index contributed by atoms with van der Waals surface area (Å²) in [5, 5.41) is 9.55. The molecule has 1 aliphatic rings. The smallest absolute Gasteiger partial charge is 0.416 e. The molecular weight excluding hydrogens is 397 g/mol. The zero-order valence-corrected chi connectivity index (χ0v) is 17.3. The topological polar surface area (TPSA) is 77.9 Å². The van der Waals surface area contributed by atoms with Gasteiger partial charge in [0, 0.05) is 19.6 Å². The Morgan fingerprint density at radius 2 is 1.75 bits per heavy atom. The van der Waals surface area contributed by atoms with Crippen molar-refractivity contribution >= 4 is 16.1 Å². The Bertz CT molecular complexity index is 878. The van der Waals surface area contributed by atoms with Crippen molar-refractivity contribution in [3.05, 3.63) is 29.3 Å². The molecule has 0 radical (unpaired) electrons. The van der Waals surface area contributed by atoms with Crippen molar-refractivity contribution < 1.29 is 31.5 Å². The van der Waals surface area contributed by atoms with Gasteiger partial charge in [0.25, 0.3) is 0 Å². The van der Waals surface area contributed by atoms with E-state index in [4.69, 9.17) is 0 Å². The van der Waals surface area contributed by atoms with Crippen LogP contribution in [0, 0.1) is 12.3 Å². The molecule has 0 aromatic heterocycles. The Hall–Kier alpha value is -1.81. The third kappa shape index (κ3) is 3.84.